The first-order valence-electron chi connectivity index (χ1n) is 9.50. The minimum atomic E-state index is -1.12. The van der Waals surface area contributed by atoms with Crippen molar-refractivity contribution in [1.82, 2.24) is 16.0 Å². The molecule has 0 unspecified atom stereocenters. The molecule has 1 aromatic carbocycles. The average Bonchev–Trinajstić information content (AvgIpc) is 2.69. The van der Waals surface area contributed by atoms with Gasteiger partial charge in [-0.1, -0.05) is 13.8 Å². The van der Waals surface area contributed by atoms with Crippen LogP contribution in [0.3, 0.4) is 0 Å². The van der Waals surface area contributed by atoms with E-state index in [1.165, 1.54) is 20.3 Å². The summed E-state index contributed by atoms with van der Waals surface area (Å²) in [7, 11) is 2.69. The number of hydrogen-bond donors (Lipinski definition) is 3. The Kier molecular flexibility index (Phi) is 9.88. The molecule has 1 aliphatic heterocycles. The molecule has 168 valence electrons. The normalized spacial score (nSPS) is 22.5. The van der Waals surface area contributed by atoms with E-state index in [4.69, 9.17) is 14.2 Å². The Hall–Kier alpha value is -2.52. The van der Waals surface area contributed by atoms with Crippen LogP contribution in [0.4, 0.5) is 0 Å². The SMILES string of the molecule is COC(=O)[C@@H]1Oc2cc(ccc2OC)C(=O)N[C@@H](C(C)C)CNCC(=O)N[C@H]1C.Cl. The highest BCUT2D eigenvalue weighted by Crippen LogP contribution is 2.30. The third-order valence-electron chi connectivity index (χ3n) is 4.73. The number of halogens is 1. The van der Waals surface area contributed by atoms with Gasteiger partial charge in [-0.3, -0.25) is 9.59 Å². The highest BCUT2D eigenvalue weighted by Gasteiger charge is 2.31. The van der Waals surface area contributed by atoms with E-state index in [1.54, 1.807) is 19.1 Å². The Morgan fingerprint density at radius 3 is 2.50 bits per heavy atom. The second kappa shape index (κ2) is 11.6. The van der Waals surface area contributed by atoms with Gasteiger partial charge in [-0.15, -0.1) is 12.4 Å². The fourth-order valence-corrected chi connectivity index (χ4v) is 2.94. The summed E-state index contributed by atoms with van der Waals surface area (Å²) >= 11 is 0. The van der Waals surface area contributed by atoms with Crippen molar-refractivity contribution in [3.8, 4) is 11.5 Å². The molecule has 1 aromatic rings. The minimum absolute atomic E-state index is 0. The smallest absolute Gasteiger partial charge is 0.349 e. The maximum Gasteiger partial charge on any atom is 0.349 e. The Morgan fingerprint density at radius 2 is 1.90 bits per heavy atom. The van der Waals surface area contributed by atoms with Crippen molar-refractivity contribution in [1.29, 1.82) is 0 Å². The standard InChI is InChI=1S/C20H29N3O6.ClH/c1-11(2)14-9-21-10-17(24)22-12(3)18(20(26)28-5)29-16-8-13(19(25)23-14)6-7-15(16)27-4;/h6-8,11-12,14,18,21H,9-10H2,1-5H3,(H,22,24)(H,23,25);1H/t12-,14+,18+;/m0./s1. The minimum Gasteiger partial charge on any atom is -0.493 e. The molecular weight excluding hydrogens is 414 g/mol. The van der Waals surface area contributed by atoms with Gasteiger partial charge in [-0.25, -0.2) is 4.79 Å². The van der Waals surface area contributed by atoms with Crippen LogP contribution >= 0.6 is 12.4 Å². The number of carbonyl (C=O) groups is 3. The van der Waals surface area contributed by atoms with E-state index in [0.717, 1.165) is 0 Å². The van der Waals surface area contributed by atoms with E-state index in [9.17, 15) is 14.4 Å². The molecule has 0 spiro atoms. The molecule has 0 fully saturated rings. The van der Waals surface area contributed by atoms with E-state index in [-0.39, 0.29) is 48.5 Å². The fraction of sp³-hybridized carbons (Fsp3) is 0.550. The summed E-state index contributed by atoms with van der Waals surface area (Å²) in [6, 6.07) is 3.87. The molecule has 2 rings (SSSR count). The number of esters is 1. The van der Waals surface area contributed by atoms with Crippen molar-refractivity contribution < 1.29 is 28.6 Å². The van der Waals surface area contributed by atoms with Gasteiger partial charge < -0.3 is 30.2 Å². The van der Waals surface area contributed by atoms with Crippen LogP contribution in [0.15, 0.2) is 18.2 Å². The van der Waals surface area contributed by atoms with Crippen LogP contribution in [0.1, 0.15) is 31.1 Å². The summed E-state index contributed by atoms with van der Waals surface area (Å²) < 4.78 is 16.0. The van der Waals surface area contributed by atoms with E-state index in [1.807, 2.05) is 13.8 Å². The van der Waals surface area contributed by atoms with Crippen LogP contribution in [-0.4, -0.2) is 63.3 Å². The number of nitrogens with one attached hydrogen (secondary N) is 3. The molecule has 3 N–H and O–H groups in total. The number of ether oxygens (including phenoxy) is 3. The first kappa shape index (κ1) is 25.5. The number of methoxy groups -OCH3 is 2. The second-order valence-corrected chi connectivity index (χ2v) is 7.24. The summed E-state index contributed by atoms with van der Waals surface area (Å²) in [5.74, 6) is -0.548. The van der Waals surface area contributed by atoms with Crippen LogP contribution in [0.25, 0.3) is 0 Å². The van der Waals surface area contributed by atoms with Crippen LogP contribution in [0, 0.1) is 5.92 Å². The van der Waals surface area contributed by atoms with Gasteiger partial charge in [-0.05, 0) is 31.0 Å². The zero-order valence-corrected chi connectivity index (χ0v) is 18.6. The maximum absolute atomic E-state index is 12.8. The lowest BCUT2D eigenvalue weighted by atomic mass is 10.0. The molecule has 0 saturated heterocycles. The van der Waals surface area contributed by atoms with Gasteiger partial charge in [0.1, 0.15) is 0 Å². The third-order valence-corrected chi connectivity index (χ3v) is 4.73. The van der Waals surface area contributed by atoms with E-state index in [2.05, 4.69) is 16.0 Å². The van der Waals surface area contributed by atoms with Gasteiger partial charge in [0.05, 0.1) is 26.8 Å². The van der Waals surface area contributed by atoms with Crippen LogP contribution in [0.5, 0.6) is 11.5 Å². The molecule has 0 aromatic heterocycles. The van der Waals surface area contributed by atoms with Crippen LogP contribution in [0.2, 0.25) is 0 Å². The van der Waals surface area contributed by atoms with E-state index < -0.39 is 18.1 Å². The first-order valence-corrected chi connectivity index (χ1v) is 9.50. The predicted molar refractivity (Wildman–Crippen MR) is 113 cm³/mol. The lowest BCUT2D eigenvalue weighted by Gasteiger charge is -2.27. The van der Waals surface area contributed by atoms with Crippen molar-refractivity contribution in [2.24, 2.45) is 5.92 Å². The third kappa shape index (κ3) is 6.50. The van der Waals surface area contributed by atoms with Crippen LogP contribution in [-0.2, 0) is 14.3 Å². The number of benzene rings is 1. The van der Waals surface area contributed by atoms with Crippen LogP contribution < -0.4 is 25.4 Å². The number of rotatable bonds is 3. The zero-order valence-electron chi connectivity index (χ0n) is 17.8. The average molecular weight is 444 g/mol. The lowest BCUT2D eigenvalue weighted by molar-refractivity contribution is -0.150. The van der Waals surface area contributed by atoms with Crippen molar-refractivity contribution in [3.05, 3.63) is 23.8 Å². The largest absolute Gasteiger partial charge is 0.493 e. The molecular formula is C20H30ClN3O6. The van der Waals surface area contributed by atoms with E-state index >= 15 is 0 Å². The molecule has 10 heteroatoms. The van der Waals surface area contributed by atoms with Gasteiger partial charge in [-0.2, -0.15) is 0 Å². The molecule has 0 saturated carbocycles. The van der Waals surface area contributed by atoms with Gasteiger partial charge in [0.25, 0.3) is 5.91 Å². The number of hydrogen-bond acceptors (Lipinski definition) is 7. The highest BCUT2D eigenvalue weighted by atomic mass is 35.5. The molecule has 0 aliphatic carbocycles. The number of fused-ring (bicyclic) bond motifs is 2. The lowest BCUT2D eigenvalue weighted by Crippen LogP contribution is -2.52. The summed E-state index contributed by atoms with van der Waals surface area (Å²) in [6.07, 6.45) is -1.12. The van der Waals surface area contributed by atoms with Gasteiger partial charge >= 0.3 is 5.97 Å². The van der Waals surface area contributed by atoms with Crippen molar-refractivity contribution in [2.45, 2.75) is 39.0 Å². The van der Waals surface area contributed by atoms with Crippen molar-refractivity contribution in [3.63, 3.8) is 0 Å². The van der Waals surface area contributed by atoms with Crippen molar-refractivity contribution >= 4 is 30.2 Å². The second-order valence-electron chi connectivity index (χ2n) is 7.24. The molecule has 2 amide bonds. The highest BCUT2D eigenvalue weighted by molar-refractivity contribution is 5.95. The number of carbonyl (C=O) groups excluding carboxylic acids is 3. The number of amides is 2. The van der Waals surface area contributed by atoms with Crippen molar-refractivity contribution in [2.75, 3.05) is 27.3 Å². The first-order chi connectivity index (χ1) is 13.8. The maximum atomic E-state index is 12.8. The molecule has 0 radical (unpaired) electrons. The fourth-order valence-electron chi connectivity index (χ4n) is 2.94. The molecule has 2 bridgehead atoms. The Balaban J connectivity index is 0.00000450. The summed E-state index contributed by atoms with van der Waals surface area (Å²) in [5.41, 5.74) is 0.365. The Bertz CT molecular complexity index is 758. The zero-order chi connectivity index (χ0) is 21.6. The molecule has 1 aliphatic rings. The van der Waals surface area contributed by atoms with E-state index in [0.29, 0.717) is 17.9 Å². The monoisotopic (exact) mass is 443 g/mol. The molecule has 3 atom stereocenters. The molecule has 30 heavy (non-hydrogen) atoms. The predicted octanol–water partition coefficient (Wildman–Crippen LogP) is 0.900. The summed E-state index contributed by atoms with van der Waals surface area (Å²) in [6.45, 7) is 6.07. The molecule has 9 nitrogen and oxygen atoms in total. The summed E-state index contributed by atoms with van der Waals surface area (Å²) in [5, 5.41) is 8.75. The topological polar surface area (TPSA) is 115 Å². The van der Waals surface area contributed by atoms with Gasteiger partial charge in [0, 0.05) is 18.2 Å². The summed E-state index contributed by atoms with van der Waals surface area (Å²) in [4.78, 5) is 37.3. The molecule has 1 heterocycles. The van der Waals surface area contributed by atoms with Gasteiger partial charge in [0.2, 0.25) is 12.0 Å². The quantitative estimate of drug-likeness (QED) is 0.594. The Morgan fingerprint density at radius 1 is 1.20 bits per heavy atom. The van der Waals surface area contributed by atoms with Gasteiger partial charge in [0.15, 0.2) is 11.5 Å². The Labute approximate surface area is 182 Å².